The Balaban J connectivity index is 1.27. The minimum absolute atomic E-state index is 0.0772. The van der Waals surface area contributed by atoms with Crippen LogP contribution in [0.3, 0.4) is 0 Å². The second kappa shape index (κ2) is 10.5. The molecule has 0 fully saturated rings. The van der Waals surface area contributed by atoms with Crippen molar-refractivity contribution in [3.63, 3.8) is 0 Å². The summed E-state index contributed by atoms with van der Waals surface area (Å²) in [6.45, 7) is 1.63. The van der Waals surface area contributed by atoms with Crippen LogP contribution >= 0.6 is 0 Å². The van der Waals surface area contributed by atoms with E-state index in [-0.39, 0.29) is 12.9 Å². The molecule has 1 N–H and O–H groups in total. The van der Waals surface area contributed by atoms with Gasteiger partial charge >= 0.3 is 0 Å². The summed E-state index contributed by atoms with van der Waals surface area (Å²) < 4.78 is 32.8. The molecule has 2 aromatic carbocycles. The molecule has 0 radical (unpaired) electrons. The highest BCUT2D eigenvalue weighted by molar-refractivity contribution is 5.87. The second-order valence-electron chi connectivity index (χ2n) is 7.75. The van der Waals surface area contributed by atoms with Gasteiger partial charge in [-0.3, -0.25) is 0 Å². The summed E-state index contributed by atoms with van der Waals surface area (Å²) in [5, 5.41) is 7.71. The third kappa shape index (κ3) is 5.03. The molecule has 4 rings (SSSR count). The Kier molecular flexibility index (Phi) is 7.29. The van der Waals surface area contributed by atoms with Crippen molar-refractivity contribution in [2.24, 2.45) is 5.16 Å². The first-order valence-electron chi connectivity index (χ1n) is 10.8. The van der Waals surface area contributed by atoms with Crippen LogP contribution in [0.1, 0.15) is 17.5 Å². The van der Waals surface area contributed by atoms with Crippen molar-refractivity contribution in [2.45, 2.75) is 25.4 Å². The molecule has 0 aromatic heterocycles. The molecule has 0 aliphatic carbocycles. The summed E-state index contributed by atoms with van der Waals surface area (Å²) in [5.74, 6) is 3.88. The van der Waals surface area contributed by atoms with Gasteiger partial charge in [0.2, 0.25) is 18.3 Å². The third-order valence-corrected chi connectivity index (χ3v) is 5.67. The van der Waals surface area contributed by atoms with Gasteiger partial charge in [0.15, 0.2) is 23.0 Å². The maximum Gasteiger partial charge on any atom is 0.231 e. The largest absolute Gasteiger partial charge is 0.493 e. The second-order valence-corrected chi connectivity index (χ2v) is 7.75. The number of hydrogen-bond donors (Lipinski definition) is 1. The number of fused-ring (bicyclic) bond motifs is 1. The molecule has 9 heteroatoms. The number of nitrogens with one attached hydrogen (secondary N) is 1. The molecule has 2 aliphatic heterocycles. The van der Waals surface area contributed by atoms with Crippen LogP contribution in [0.15, 0.2) is 29.4 Å². The number of hydrogen-bond acceptors (Lipinski definition) is 9. The van der Waals surface area contributed by atoms with E-state index in [1.807, 2.05) is 24.3 Å². The summed E-state index contributed by atoms with van der Waals surface area (Å²) in [7, 11) is 6.50. The Morgan fingerprint density at radius 1 is 0.939 bits per heavy atom. The predicted octanol–water partition coefficient (Wildman–Crippen LogP) is 2.97. The van der Waals surface area contributed by atoms with Crippen LogP contribution in [0.5, 0.6) is 34.5 Å². The molecule has 0 saturated carbocycles. The standard InChI is InChI=1S/C24H30N2O7/c1-27-19-6-5-15(9-20(19)28-2)7-8-25-13-17-12-18(33-26-17)10-16-11-21(29-3)23-24(22(16)30-4)32-14-31-23/h5-6,9,11,18,25H,7-8,10,12-14H2,1-4H3/t18-/m1/s1. The lowest BCUT2D eigenvalue weighted by atomic mass is 10.0. The molecule has 0 bridgehead atoms. The number of benzene rings is 2. The molecule has 178 valence electrons. The van der Waals surface area contributed by atoms with E-state index in [0.29, 0.717) is 36.0 Å². The van der Waals surface area contributed by atoms with Gasteiger partial charge in [-0.25, -0.2) is 0 Å². The number of rotatable bonds is 11. The average molecular weight is 459 g/mol. The van der Waals surface area contributed by atoms with Crippen LogP contribution in [0.4, 0.5) is 0 Å². The van der Waals surface area contributed by atoms with Crippen LogP contribution in [0.2, 0.25) is 0 Å². The quantitative estimate of drug-likeness (QED) is 0.514. The van der Waals surface area contributed by atoms with Crippen LogP contribution in [0, 0.1) is 0 Å². The SMILES string of the molecule is COc1ccc(CCNCC2=NO[C@H](Cc3cc(OC)c4c(c3OC)OCO4)C2)cc1OC. The van der Waals surface area contributed by atoms with Gasteiger partial charge in [0.05, 0.1) is 34.2 Å². The third-order valence-electron chi connectivity index (χ3n) is 5.67. The highest BCUT2D eigenvalue weighted by Gasteiger charge is 2.30. The summed E-state index contributed by atoms with van der Waals surface area (Å²) in [6.07, 6.45) is 2.15. The van der Waals surface area contributed by atoms with Crippen molar-refractivity contribution in [2.75, 3.05) is 48.3 Å². The molecular weight excluding hydrogens is 428 g/mol. The minimum atomic E-state index is -0.0772. The maximum absolute atomic E-state index is 5.68. The topological polar surface area (TPSA) is 89.0 Å². The van der Waals surface area contributed by atoms with Gasteiger partial charge in [-0.2, -0.15) is 0 Å². The lowest BCUT2D eigenvalue weighted by Crippen LogP contribution is -2.25. The zero-order chi connectivity index (χ0) is 23.2. The van der Waals surface area contributed by atoms with Gasteiger partial charge in [-0.1, -0.05) is 11.2 Å². The van der Waals surface area contributed by atoms with Gasteiger partial charge in [-0.05, 0) is 36.7 Å². The van der Waals surface area contributed by atoms with Crippen molar-refractivity contribution >= 4 is 5.71 Å². The van der Waals surface area contributed by atoms with Crippen molar-refractivity contribution < 1.29 is 33.3 Å². The van der Waals surface area contributed by atoms with E-state index in [4.69, 9.17) is 33.3 Å². The van der Waals surface area contributed by atoms with Gasteiger partial charge in [0, 0.05) is 24.9 Å². The van der Waals surface area contributed by atoms with Crippen molar-refractivity contribution in [3.8, 4) is 34.5 Å². The van der Waals surface area contributed by atoms with Gasteiger partial charge in [0.1, 0.15) is 6.10 Å². The van der Waals surface area contributed by atoms with Gasteiger partial charge < -0.3 is 38.6 Å². The molecule has 0 unspecified atom stereocenters. The molecule has 2 aliphatic rings. The van der Waals surface area contributed by atoms with Crippen molar-refractivity contribution in [1.82, 2.24) is 5.32 Å². The van der Waals surface area contributed by atoms with E-state index in [2.05, 4.69) is 10.5 Å². The van der Waals surface area contributed by atoms with E-state index >= 15 is 0 Å². The Bertz CT molecular complexity index is 1010. The molecular formula is C24H30N2O7. The molecule has 9 nitrogen and oxygen atoms in total. The first-order chi connectivity index (χ1) is 16.2. The maximum atomic E-state index is 5.68. The number of methoxy groups -OCH3 is 4. The van der Waals surface area contributed by atoms with Crippen molar-refractivity contribution in [1.29, 1.82) is 0 Å². The Labute approximate surface area is 193 Å². The molecule has 2 aromatic rings. The zero-order valence-electron chi connectivity index (χ0n) is 19.4. The van der Waals surface area contributed by atoms with E-state index in [0.717, 1.165) is 42.2 Å². The summed E-state index contributed by atoms with van der Waals surface area (Å²) in [6, 6.07) is 7.88. The fourth-order valence-corrected chi connectivity index (χ4v) is 4.04. The van der Waals surface area contributed by atoms with Crippen LogP contribution in [0.25, 0.3) is 0 Å². The lowest BCUT2D eigenvalue weighted by molar-refractivity contribution is 0.0853. The van der Waals surface area contributed by atoms with E-state index in [1.165, 1.54) is 5.56 Å². The van der Waals surface area contributed by atoms with Gasteiger partial charge in [-0.15, -0.1) is 0 Å². The highest BCUT2D eigenvalue weighted by Crippen LogP contribution is 2.50. The zero-order valence-corrected chi connectivity index (χ0v) is 19.4. The minimum Gasteiger partial charge on any atom is -0.493 e. The number of oxime groups is 1. The molecule has 1 atom stereocenters. The van der Waals surface area contributed by atoms with E-state index in [9.17, 15) is 0 Å². The smallest absolute Gasteiger partial charge is 0.231 e. The van der Waals surface area contributed by atoms with E-state index < -0.39 is 0 Å². The Morgan fingerprint density at radius 2 is 1.73 bits per heavy atom. The molecule has 2 heterocycles. The summed E-state index contributed by atoms with van der Waals surface area (Å²) in [5.41, 5.74) is 3.09. The molecule has 0 spiro atoms. The van der Waals surface area contributed by atoms with Crippen LogP contribution < -0.4 is 33.7 Å². The Hall–Kier alpha value is -3.33. The highest BCUT2D eigenvalue weighted by atomic mass is 16.7. The van der Waals surface area contributed by atoms with E-state index in [1.54, 1.807) is 28.4 Å². The number of ether oxygens (including phenoxy) is 6. The fourth-order valence-electron chi connectivity index (χ4n) is 4.04. The summed E-state index contributed by atoms with van der Waals surface area (Å²) >= 11 is 0. The number of nitrogens with zero attached hydrogens (tertiary/aromatic N) is 1. The first-order valence-corrected chi connectivity index (χ1v) is 10.8. The summed E-state index contributed by atoms with van der Waals surface area (Å²) in [4.78, 5) is 5.68. The van der Waals surface area contributed by atoms with Crippen molar-refractivity contribution in [3.05, 3.63) is 35.4 Å². The molecule has 33 heavy (non-hydrogen) atoms. The fraction of sp³-hybridized carbons (Fsp3) is 0.458. The van der Waals surface area contributed by atoms with Crippen LogP contribution in [-0.4, -0.2) is 60.1 Å². The average Bonchev–Trinajstić information content (AvgIpc) is 3.51. The Morgan fingerprint density at radius 3 is 2.48 bits per heavy atom. The first kappa shape index (κ1) is 22.8. The lowest BCUT2D eigenvalue weighted by Gasteiger charge is -2.15. The molecule has 0 saturated heterocycles. The molecule has 0 amide bonds. The normalized spacial score (nSPS) is 16.2. The van der Waals surface area contributed by atoms with Crippen LogP contribution in [-0.2, 0) is 17.7 Å². The monoisotopic (exact) mass is 458 g/mol. The predicted molar refractivity (Wildman–Crippen MR) is 122 cm³/mol. The van der Waals surface area contributed by atoms with Gasteiger partial charge in [0.25, 0.3) is 0 Å².